The Labute approximate surface area is 153 Å². The predicted molar refractivity (Wildman–Crippen MR) is 97.9 cm³/mol. The highest BCUT2D eigenvalue weighted by Crippen LogP contribution is 2.24. The summed E-state index contributed by atoms with van der Waals surface area (Å²) in [6, 6.07) is 5.01. The number of rotatable bonds is 6. The van der Waals surface area contributed by atoms with Gasteiger partial charge in [-0.25, -0.2) is 4.79 Å². The highest BCUT2D eigenvalue weighted by molar-refractivity contribution is 5.96. The molecule has 0 aromatic heterocycles. The molecule has 2 amide bonds. The van der Waals surface area contributed by atoms with Crippen LogP contribution in [-0.2, 0) is 20.7 Å². The second kappa shape index (κ2) is 8.65. The summed E-state index contributed by atoms with van der Waals surface area (Å²) in [6.07, 6.45) is 8.84. The van der Waals surface area contributed by atoms with Gasteiger partial charge in [0.25, 0.3) is 5.91 Å². The third-order valence-electron chi connectivity index (χ3n) is 4.72. The fraction of sp³-hybridized carbons (Fsp3) is 0.450. The molecule has 0 bridgehead atoms. The number of anilines is 1. The molecule has 2 aliphatic rings. The van der Waals surface area contributed by atoms with Gasteiger partial charge in [0.2, 0.25) is 5.91 Å². The molecular formula is C20H24N2O4. The minimum absolute atomic E-state index is 0.0199. The van der Waals surface area contributed by atoms with Gasteiger partial charge in [-0.3, -0.25) is 9.59 Å². The van der Waals surface area contributed by atoms with Gasteiger partial charge in [0.15, 0.2) is 6.61 Å². The van der Waals surface area contributed by atoms with Crippen LogP contribution in [0.5, 0.6) is 0 Å². The molecule has 3 rings (SSSR count). The smallest absolute Gasteiger partial charge is 0.338 e. The van der Waals surface area contributed by atoms with Crippen molar-refractivity contribution in [2.75, 3.05) is 18.5 Å². The van der Waals surface area contributed by atoms with Crippen molar-refractivity contribution in [3.63, 3.8) is 0 Å². The van der Waals surface area contributed by atoms with Crippen LogP contribution < -0.4 is 10.6 Å². The van der Waals surface area contributed by atoms with E-state index in [0.717, 1.165) is 30.5 Å². The summed E-state index contributed by atoms with van der Waals surface area (Å²) in [5, 5.41) is 5.55. The Bertz CT molecular complexity index is 739. The summed E-state index contributed by atoms with van der Waals surface area (Å²) in [4.78, 5) is 35.3. The number of nitrogens with one attached hydrogen (secondary N) is 2. The number of carbonyl (C=O) groups is 3. The Morgan fingerprint density at radius 2 is 2.04 bits per heavy atom. The van der Waals surface area contributed by atoms with E-state index in [2.05, 4.69) is 16.7 Å². The van der Waals surface area contributed by atoms with E-state index in [9.17, 15) is 14.4 Å². The summed E-state index contributed by atoms with van der Waals surface area (Å²) in [6.45, 7) is 0.284. The van der Waals surface area contributed by atoms with Crippen molar-refractivity contribution in [2.24, 2.45) is 0 Å². The van der Waals surface area contributed by atoms with Gasteiger partial charge in [0, 0.05) is 18.7 Å². The second-order valence-corrected chi connectivity index (χ2v) is 6.70. The molecule has 0 fully saturated rings. The molecule has 6 heteroatoms. The highest BCUT2D eigenvalue weighted by Gasteiger charge is 2.17. The normalized spacial score (nSPS) is 16.2. The largest absolute Gasteiger partial charge is 0.452 e. The monoisotopic (exact) mass is 356 g/mol. The van der Waals surface area contributed by atoms with Crippen LogP contribution in [0, 0.1) is 0 Å². The van der Waals surface area contributed by atoms with Crippen molar-refractivity contribution in [3.05, 3.63) is 41.0 Å². The van der Waals surface area contributed by atoms with Crippen molar-refractivity contribution in [3.8, 4) is 0 Å². The van der Waals surface area contributed by atoms with Crippen molar-refractivity contribution in [1.29, 1.82) is 0 Å². The lowest BCUT2D eigenvalue weighted by Crippen LogP contribution is -2.30. The van der Waals surface area contributed by atoms with Crippen LogP contribution in [-0.4, -0.2) is 30.9 Å². The average Bonchev–Trinajstić information content (AvgIpc) is 2.66. The van der Waals surface area contributed by atoms with Gasteiger partial charge in [-0.2, -0.15) is 0 Å². The molecule has 2 N–H and O–H groups in total. The predicted octanol–water partition coefficient (Wildman–Crippen LogP) is 2.73. The zero-order chi connectivity index (χ0) is 18.4. The standard InChI is InChI=1S/C20H24N2O4/c23-18-9-7-15-12-16(6-8-17(15)22-18)20(25)26-13-19(24)21-11-10-14-4-2-1-3-5-14/h4,6,8,12H,1-3,5,7,9-11,13H2,(H,21,24)(H,22,23). The minimum Gasteiger partial charge on any atom is -0.452 e. The van der Waals surface area contributed by atoms with Crippen molar-refractivity contribution >= 4 is 23.5 Å². The molecule has 0 radical (unpaired) electrons. The first-order chi connectivity index (χ1) is 12.6. The van der Waals surface area contributed by atoms with Crippen LogP contribution in [0.25, 0.3) is 0 Å². The van der Waals surface area contributed by atoms with Crippen LogP contribution in [0.15, 0.2) is 29.8 Å². The average molecular weight is 356 g/mol. The van der Waals surface area contributed by atoms with E-state index in [1.54, 1.807) is 18.2 Å². The van der Waals surface area contributed by atoms with E-state index in [1.165, 1.54) is 18.4 Å². The summed E-state index contributed by atoms with van der Waals surface area (Å²) >= 11 is 0. The molecule has 1 aliphatic carbocycles. The van der Waals surface area contributed by atoms with E-state index in [4.69, 9.17) is 4.74 Å². The van der Waals surface area contributed by atoms with E-state index >= 15 is 0 Å². The molecule has 0 saturated carbocycles. The van der Waals surface area contributed by atoms with Crippen molar-refractivity contribution in [1.82, 2.24) is 5.32 Å². The number of esters is 1. The Morgan fingerprint density at radius 3 is 2.85 bits per heavy atom. The topological polar surface area (TPSA) is 84.5 Å². The molecule has 6 nitrogen and oxygen atoms in total. The molecule has 26 heavy (non-hydrogen) atoms. The maximum Gasteiger partial charge on any atom is 0.338 e. The number of amides is 2. The lowest BCUT2D eigenvalue weighted by Gasteiger charge is -2.17. The van der Waals surface area contributed by atoms with Crippen LogP contribution in [0.3, 0.4) is 0 Å². The highest BCUT2D eigenvalue weighted by atomic mass is 16.5. The van der Waals surface area contributed by atoms with Crippen molar-refractivity contribution < 1.29 is 19.1 Å². The quantitative estimate of drug-likeness (QED) is 0.606. The van der Waals surface area contributed by atoms with Gasteiger partial charge in [0.05, 0.1) is 5.56 Å². The Balaban J connectivity index is 1.42. The Morgan fingerprint density at radius 1 is 1.15 bits per heavy atom. The lowest BCUT2D eigenvalue weighted by molar-refractivity contribution is -0.124. The van der Waals surface area contributed by atoms with Crippen LogP contribution >= 0.6 is 0 Å². The summed E-state index contributed by atoms with van der Waals surface area (Å²) in [5.41, 5.74) is 3.42. The number of aryl methyl sites for hydroxylation is 1. The number of benzene rings is 1. The molecule has 0 saturated heterocycles. The number of ether oxygens (including phenoxy) is 1. The number of carbonyl (C=O) groups excluding carboxylic acids is 3. The maximum atomic E-state index is 12.1. The van der Waals surface area contributed by atoms with Crippen molar-refractivity contribution in [2.45, 2.75) is 44.9 Å². The van der Waals surface area contributed by atoms with Gasteiger partial charge < -0.3 is 15.4 Å². The first-order valence-corrected chi connectivity index (χ1v) is 9.16. The maximum absolute atomic E-state index is 12.1. The molecule has 0 spiro atoms. The van der Waals surface area contributed by atoms with E-state index in [1.807, 2.05) is 0 Å². The Kier molecular flexibility index (Phi) is 6.04. The van der Waals surface area contributed by atoms with E-state index < -0.39 is 5.97 Å². The molecular weight excluding hydrogens is 332 g/mol. The van der Waals surface area contributed by atoms with Gasteiger partial charge in [-0.1, -0.05) is 11.6 Å². The number of hydrogen-bond acceptors (Lipinski definition) is 4. The summed E-state index contributed by atoms with van der Waals surface area (Å²) < 4.78 is 5.09. The number of hydrogen-bond donors (Lipinski definition) is 2. The van der Waals surface area contributed by atoms with Gasteiger partial charge in [-0.05, 0) is 62.3 Å². The summed E-state index contributed by atoms with van der Waals surface area (Å²) in [5.74, 6) is -0.844. The molecule has 1 aromatic carbocycles. The SMILES string of the molecule is O=C(COC(=O)c1ccc2c(c1)CCC(=O)N2)NCCC1=CCCCC1. The zero-order valence-electron chi connectivity index (χ0n) is 14.8. The third-order valence-corrected chi connectivity index (χ3v) is 4.72. The fourth-order valence-corrected chi connectivity index (χ4v) is 3.27. The minimum atomic E-state index is -0.533. The summed E-state index contributed by atoms with van der Waals surface area (Å²) in [7, 11) is 0. The first kappa shape index (κ1) is 18.2. The second-order valence-electron chi connectivity index (χ2n) is 6.70. The molecule has 0 unspecified atom stereocenters. The van der Waals surface area contributed by atoms with Gasteiger partial charge in [-0.15, -0.1) is 0 Å². The van der Waals surface area contributed by atoms with Crippen LogP contribution in [0.2, 0.25) is 0 Å². The molecule has 1 aromatic rings. The van der Waals surface area contributed by atoms with Gasteiger partial charge in [0.1, 0.15) is 0 Å². The van der Waals surface area contributed by atoms with Crippen LogP contribution in [0.4, 0.5) is 5.69 Å². The fourth-order valence-electron chi connectivity index (χ4n) is 3.27. The molecule has 1 heterocycles. The molecule has 0 atom stereocenters. The van der Waals surface area contributed by atoms with E-state index in [-0.39, 0.29) is 18.4 Å². The van der Waals surface area contributed by atoms with E-state index in [0.29, 0.717) is 24.9 Å². The third kappa shape index (κ3) is 4.94. The lowest BCUT2D eigenvalue weighted by atomic mass is 9.97. The van der Waals surface area contributed by atoms with Crippen LogP contribution in [0.1, 0.15) is 54.4 Å². The Hall–Kier alpha value is -2.63. The molecule has 1 aliphatic heterocycles. The molecule has 138 valence electrons. The first-order valence-electron chi connectivity index (χ1n) is 9.16. The number of allylic oxidation sites excluding steroid dienone is 1. The number of fused-ring (bicyclic) bond motifs is 1. The zero-order valence-corrected chi connectivity index (χ0v) is 14.8. The van der Waals surface area contributed by atoms with Gasteiger partial charge >= 0.3 is 5.97 Å².